The van der Waals surface area contributed by atoms with Crippen molar-refractivity contribution < 1.29 is 17.6 Å². The van der Waals surface area contributed by atoms with Gasteiger partial charge in [-0.25, -0.2) is 13.4 Å². The maximum absolute atomic E-state index is 12.5. The van der Waals surface area contributed by atoms with Crippen LogP contribution in [-0.4, -0.2) is 42.5 Å². The van der Waals surface area contributed by atoms with E-state index in [9.17, 15) is 13.2 Å². The summed E-state index contributed by atoms with van der Waals surface area (Å²) in [5.74, 6) is 0.278. The fourth-order valence-electron chi connectivity index (χ4n) is 3.14. The lowest BCUT2D eigenvalue weighted by molar-refractivity contribution is -0.119. The van der Waals surface area contributed by atoms with Crippen molar-refractivity contribution in [2.24, 2.45) is 0 Å². The highest BCUT2D eigenvalue weighted by Gasteiger charge is 2.36. The van der Waals surface area contributed by atoms with Gasteiger partial charge in [0.1, 0.15) is 17.3 Å². The second-order valence-corrected chi connectivity index (χ2v) is 9.00. The Kier molecular flexibility index (Phi) is 4.29. The van der Waals surface area contributed by atoms with Crippen LogP contribution >= 0.6 is 11.3 Å². The zero-order chi connectivity index (χ0) is 18.3. The number of nitrogens with zero attached hydrogens (tertiary/aromatic N) is 2. The molecule has 0 saturated carbocycles. The molecule has 0 radical (unpaired) electrons. The smallest absolute Gasteiger partial charge is 0.244 e. The minimum Gasteiger partial charge on any atom is -0.454 e. The monoisotopic (exact) mass is 391 g/mol. The van der Waals surface area contributed by atoms with Crippen molar-refractivity contribution in [3.8, 4) is 11.5 Å². The number of fused-ring (bicyclic) bond motifs is 1. The summed E-state index contributed by atoms with van der Waals surface area (Å²) in [7, 11) is -3.40. The Morgan fingerprint density at radius 1 is 1.38 bits per heavy atom. The molecule has 4 rings (SSSR count). The quantitative estimate of drug-likeness (QED) is 0.738. The summed E-state index contributed by atoms with van der Waals surface area (Å²) in [5.41, 5.74) is 1.41. The van der Waals surface area contributed by atoms with Gasteiger partial charge in [-0.1, -0.05) is 18.2 Å². The zero-order valence-electron chi connectivity index (χ0n) is 14.0. The Balaban J connectivity index is 1.52. The summed E-state index contributed by atoms with van der Waals surface area (Å²) in [5, 5.41) is 5.94. The minimum atomic E-state index is -3.40. The lowest BCUT2D eigenvalue weighted by Gasteiger charge is -2.20. The van der Waals surface area contributed by atoms with Crippen LogP contribution in [-0.2, 0) is 14.8 Å². The molecule has 1 aliphatic rings. The van der Waals surface area contributed by atoms with Crippen LogP contribution in [0.3, 0.4) is 0 Å². The molecule has 3 heterocycles. The molecule has 0 aliphatic carbocycles. The number of carbonyl (C=O) groups is 1. The Morgan fingerprint density at radius 2 is 2.19 bits per heavy atom. The van der Waals surface area contributed by atoms with Crippen LogP contribution < -0.4 is 5.32 Å². The molecule has 1 amide bonds. The van der Waals surface area contributed by atoms with E-state index in [1.165, 1.54) is 15.6 Å². The lowest BCUT2D eigenvalue weighted by atomic mass is 10.2. The maximum atomic E-state index is 12.5. The number of anilines is 1. The Bertz CT molecular complexity index is 1040. The third kappa shape index (κ3) is 3.25. The average molecular weight is 391 g/mol. The number of aromatic nitrogens is 1. The molecule has 7 nitrogen and oxygen atoms in total. The number of benzene rings is 1. The number of sulfonamides is 1. The van der Waals surface area contributed by atoms with Crippen molar-refractivity contribution in [2.75, 3.05) is 18.1 Å². The van der Waals surface area contributed by atoms with E-state index in [0.717, 1.165) is 17.2 Å². The van der Waals surface area contributed by atoms with E-state index < -0.39 is 16.1 Å². The summed E-state index contributed by atoms with van der Waals surface area (Å²) < 4.78 is 30.6. The normalized spacial score (nSPS) is 18.4. The molecule has 1 unspecified atom stereocenters. The van der Waals surface area contributed by atoms with Crippen LogP contribution in [0.2, 0.25) is 0 Å². The first-order valence-electron chi connectivity index (χ1n) is 8.14. The van der Waals surface area contributed by atoms with Gasteiger partial charge in [0.15, 0.2) is 10.9 Å². The van der Waals surface area contributed by atoms with Crippen molar-refractivity contribution >= 4 is 43.4 Å². The molecule has 1 fully saturated rings. The van der Waals surface area contributed by atoms with Gasteiger partial charge in [0, 0.05) is 17.3 Å². The standard InChI is InChI=1S/C17H17N3O4S2/c1-26(22,23)20-8-4-6-13(20)16(21)19-17-18-12(10-25-17)15-9-11-5-2-3-7-14(11)24-15/h2-3,5,7,9-10,13H,4,6,8H2,1H3,(H,18,19,21). The van der Waals surface area contributed by atoms with Crippen molar-refractivity contribution in [3.05, 3.63) is 35.7 Å². The highest BCUT2D eigenvalue weighted by atomic mass is 32.2. The first kappa shape index (κ1) is 17.2. The molecule has 0 spiro atoms. The van der Waals surface area contributed by atoms with E-state index in [-0.39, 0.29) is 5.91 Å². The van der Waals surface area contributed by atoms with E-state index in [0.29, 0.717) is 36.0 Å². The minimum absolute atomic E-state index is 0.349. The van der Waals surface area contributed by atoms with Gasteiger partial charge >= 0.3 is 0 Å². The fourth-order valence-corrected chi connectivity index (χ4v) is 4.97. The van der Waals surface area contributed by atoms with Gasteiger partial charge in [0.05, 0.1) is 6.26 Å². The van der Waals surface area contributed by atoms with Crippen molar-refractivity contribution in [1.82, 2.24) is 9.29 Å². The predicted octanol–water partition coefficient (Wildman–Crippen LogP) is 2.92. The number of carbonyl (C=O) groups excluding carboxylic acids is 1. The SMILES string of the molecule is CS(=O)(=O)N1CCCC1C(=O)Nc1nc(-c2cc3ccccc3o2)cs1. The van der Waals surface area contributed by atoms with Crippen molar-refractivity contribution in [1.29, 1.82) is 0 Å². The number of furan rings is 1. The maximum Gasteiger partial charge on any atom is 0.244 e. The van der Waals surface area contributed by atoms with Gasteiger partial charge in [-0.2, -0.15) is 4.31 Å². The molecule has 0 bridgehead atoms. The van der Waals surface area contributed by atoms with Gasteiger partial charge in [-0.05, 0) is 25.0 Å². The third-order valence-corrected chi connectivity index (χ3v) is 6.39. The summed E-state index contributed by atoms with van der Waals surface area (Å²) in [6.07, 6.45) is 2.32. The van der Waals surface area contributed by atoms with Crippen LogP contribution in [0.25, 0.3) is 22.4 Å². The Hall–Kier alpha value is -2.23. The van der Waals surface area contributed by atoms with Crippen LogP contribution in [0.5, 0.6) is 0 Å². The van der Waals surface area contributed by atoms with E-state index in [4.69, 9.17) is 4.42 Å². The fraction of sp³-hybridized carbons (Fsp3) is 0.294. The molecule has 1 atom stereocenters. The number of nitrogens with one attached hydrogen (secondary N) is 1. The van der Waals surface area contributed by atoms with Crippen LogP contribution in [0.4, 0.5) is 5.13 Å². The second kappa shape index (κ2) is 6.49. The third-order valence-electron chi connectivity index (χ3n) is 4.34. The largest absolute Gasteiger partial charge is 0.454 e. The van der Waals surface area contributed by atoms with Gasteiger partial charge in [0.2, 0.25) is 15.9 Å². The summed E-state index contributed by atoms with van der Waals surface area (Å²) >= 11 is 1.28. The molecule has 2 aromatic heterocycles. The number of para-hydroxylation sites is 1. The molecular formula is C17H17N3O4S2. The Labute approximate surface area is 154 Å². The zero-order valence-corrected chi connectivity index (χ0v) is 15.6. The number of hydrogen-bond acceptors (Lipinski definition) is 6. The van der Waals surface area contributed by atoms with E-state index in [1.807, 2.05) is 30.3 Å². The highest BCUT2D eigenvalue weighted by molar-refractivity contribution is 7.88. The van der Waals surface area contributed by atoms with Crippen LogP contribution in [0.1, 0.15) is 12.8 Å². The van der Waals surface area contributed by atoms with Crippen LogP contribution in [0.15, 0.2) is 40.1 Å². The van der Waals surface area contributed by atoms with E-state index >= 15 is 0 Å². The number of amides is 1. The number of thiazole rings is 1. The molecule has 26 heavy (non-hydrogen) atoms. The first-order valence-corrected chi connectivity index (χ1v) is 10.9. The number of hydrogen-bond donors (Lipinski definition) is 1. The van der Waals surface area contributed by atoms with Gasteiger partial charge in [-0.15, -0.1) is 11.3 Å². The van der Waals surface area contributed by atoms with Crippen molar-refractivity contribution in [3.63, 3.8) is 0 Å². The molecule has 1 aliphatic heterocycles. The van der Waals surface area contributed by atoms with Crippen LogP contribution in [0, 0.1) is 0 Å². The molecule has 9 heteroatoms. The van der Waals surface area contributed by atoms with Gasteiger partial charge < -0.3 is 9.73 Å². The van der Waals surface area contributed by atoms with Gasteiger partial charge in [-0.3, -0.25) is 4.79 Å². The first-order chi connectivity index (χ1) is 12.4. The topological polar surface area (TPSA) is 92.5 Å². The summed E-state index contributed by atoms with van der Waals surface area (Å²) in [4.78, 5) is 16.9. The second-order valence-electron chi connectivity index (χ2n) is 6.21. The van der Waals surface area contributed by atoms with E-state index in [1.54, 1.807) is 5.38 Å². The molecular weight excluding hydrogens is 374 g/mol. The average Bonchev–Trinajstić information content (AvgIpc) is 3.32. The molecule has 1 aromatic carbocycles. The molecule has 1 saturated heterocycles. The summed E-state index contributed by atoms with van der Waals surface area (Å²) in [6, 6.07) is 8.90. The highest BCUT2D eigenvalue weighted by Crippen LogP contribution is 2.30. The molecule has 1 N–H and O–H groups in total. The Morgan fingerprint density at radius 3 is 2.96 bits per heavy atom. The lowest BCUT2D eigenvalue weighted by Crippen LogP contribution is -2.42. The molecule has 136 valence electrons. The number of rotatable bonds is 4. The predicted molar refractivity (Wildman–Crippen MR) is 101 cm³/mol. The molecule has 3 aromatic rings. The van der Waals surface area contributed by atoms with E-state index in [2.05, 4.69) is 10.3 Å². The summed E-state index contributed by atoms with van der Waals surface area (Å²) in [6.45, 7) is 0.374. The van der Waals surface area contributed by atoms with Crippen molar-refractivity contribution in [2.45, 2.75) is 18.9 Å². The van der Waals surface area contributed by atoms with Gasteiger partial charge in [0.25, 0.3) is 0 Å².